The number of esters is 1. The number of aromatic nitrogens is 3. The minimum atomic E-state index is -0.444. The summed E-state index contributed by atoms with van der Waals surface area (Å²) in [6, 6.07) is 8.30. The third-order valence-corrected chi connectivity index (χ3v) is 5.72. The predicted octanol–water partition coefficient (Wildman–Crippen LogP) is 4.55. The van der Waals surface area contributed by atoms with E-state index in [1.54, 1.807) is 37.4 Å². The number of aromatic amines is 1. The summed E-state index contributed by atoms with van der Waals surface area (Å²) in [6.07, 6.45) is 2.19. The highest BCUT2D eigenvalue weighted by molar-refractivity contribution is 6.06. The zero-order valence-corrected chi connectivity index (χ0v) is 18.3. The lowest BCUT2D eigenvalue weighted by Crippen LogP contribution is -2.17. The van der Waals surface area contributed by atoms with E-state index in [4.69, 9.17) is 14.2 Å². The number of carbonyl (C=O) groups is 1. The van der Waals surface area contributed by atoms with E-state index in [1.165, 1.54) is 20.3 Å². The molecule has 4 aromatic rings. The summed E-state index contributed by atoms with van der Waals surface area (Å²) in [6.45, 7) is 1.96. The van der Waals surface area contributed by atoms with Crippen LogP contribution >= 0.6 is 0 Å². The molecule has 2 N–H and O–H groups in total. The molecule has 0 saturated heterocycles. The smallest absolute Gasteiger partial charge is 0.342 e. The molecule has 0 unspecified atom stereocenters. The Bertz CT molecular complexity index is 1400. The van der Waals surface area contributed by atoms with Crippen molar-refractivity contribution in [3.63, 3.8) is 0 Å². The van der Waals surface area contributed by atoms with E-state index in [9.17, 15) is 9.18 Å². The van der Waals surface area contributed by atoms with Crippen molar-refractivity contribution in [3.8, 4) is 22.9 Å². The highest BCUT2D eigenvalue weighted by Crippen LogP contribution is 2.41. The fourth-order valence-corrected chi connectivity index (χ4v) is 4.02. The molecule has 0 atom stereocenters. The summed E-state index contributed by atoms with van der Waals surface area (Å²) in [4.78, 5) is 25.1. The summed E-state index contributed by atoms with van der Waals surface area (Å²) in [7, 11) is 3.04. The molecule has 0 saturated carbocycles. The van der Waals surface area contributed by atoms with Crippen molar-refractivity contribution in [2.75, 3.05) is 26.1 Å². The molecule has 3 aromatic heterocycles. The lowest BCUT2D eigenvalue weighted by molar-refractivity contribution is 0.0480. The minimum absolute atomic E-state index is 0.282. The Morgan fingerprint density at radius 1 is 1.21 bits per heavy atom. The van der Waals surface area contributed by atoms with E-state index < -0.39 is 5.97 Å². The number of carbonyl (C=O) groups excluding carboxylic acids is 1. The molecule has 1 aromatic carbocycles. The van der Waals surface area contributed by atoms with Crippen molar-refractivity contribution in [2.24, 2.45) is 0 Å². The zero-order valence-electron chi connectivity index (χ0n) is 18.3. The maximum absolute atomic E-state index is 14.2. The molecule has 168 valence electrons. The number of fused-ring (bicyclic) bond motifs is 2. The van der Waals surface area contributed by atoms with Gasteiger partial charge in [-0.3, -0.25) is 4.98 Å². The van der Waals surface area contributed by atoms with Gasteiger partial charge in [0.25, 0.3) is 5.88 Å². The summed E-state index contributed by atoms with van der Waals surface area (Å²) in [5, 5.41) is 3.26. The lowest BCUT2D eigenvalue weighted by atomic mass is 10.1. The number of rotatable bonds is 5. The number of nitrogens with one attached hydrogen (secondary N) is 2. The molecule has 1 aliphatic rings. The standard InChI is InChI=1S/C24H21FN4O4/c1-12-14(25)5-4-6-15(12)27-22-19-16(8-10-33-24(19)30)28-21(22)13-7-9-26-17-11-18(31-2)23(32-3)29-20(13)17/h4-7,9,11,27-28H,8,10H2,1-3H3. The van der Waals surface area contributed by atoms with Crippen molar-refractivity contribution in [3.05, 3.63) is 59.2 Å². The predicted molar refractivity (Wildman–Crippen MR) is 121 cm³/mol. The number of pyridine rings is 2. The highest BCUT2D eigenvalue weighted by Gasteiger charge is 2.30. The SMILES string of the molecule is COc1cc2nccc(-c3[nH]c4c(c3Nc3cccc(F)c3C)C(=O)OCC4)c2nc1OC. The molecule has 0 spiro atoms. The second-order valence-electron chi connectivity index (χ2n) is 7.58. The van der Waals surface area contributed by atoms with Crippen LogP contribution in [0.2, 0.25) is 0 Å². The zero-order chi connectivity index (χ0) is 23.1. The number of hydrogen-bond acceptors (Lipinski definition) is 7. The number of nitrogens with zero attached hydrogens (tertiary/aromatic N) is 2. The van der Waals surface area contributed by atoms with Gasteiger partial charge in [-0.05, 0) is 25.1 Å². The topological polar surface area (TPSA) is 98.4 Å². The van der Waals surface area contributed by atoms with Crippen LogP contribution in [0.5, 0.6) is 11.6 Å². The molecule has 0 aliphatic carbocycles. The molecule has 9 heteroatoms. The van der Waals surface area contributed by atoms with Crippen LogP contribution in [0, 0.1) is 12.7 Å². The molecule has 5 rings (SSSR count). The van der Waals surface area contributed by atoms with Gasteiger partial charge in [0.15, 0.2) is 5.75 Å². The Morgan fingerprint density at radius 3 is 2.85 bits per heavy atom. The van der Waals surface area contributed by atoms with E-state index in [2.05, 4.69) is 20.3 Å². The van der Waals surface area contributed by atoms with Gasteiger partial charge in [-0.2, -0.15) is 0 Å². The van der Waals surface area contributed by atoms with Crippen molar-refractivity contribution in [1.29, 1.82) is 0 Å². The fraction of sp³-hybridized carbons (Fsp3) is 0.208. The van der Waals surface area contributed by atoms with E-state index in [1.807, 2.05) is 0 Å². The van der Waals surface area contributed by atoms with E-state index in [0.29, 0.717) is 62.8 Å². The Labute approximate surface area is 188 Å². The quantitative estimate of drug-likeness (QED) is 0.432. The van der Waals surface area contributed by atoms with Gasteiger partial charge >= 0.3 is 5.97 Å². The molecule has 8 nitrogen and oxygen atoms in total. The van der Waals surface area contributed by atoms with Gasteiger partial charge in [0.2, 0.25) is 0 Å². The van der Waals surface area contributed by atoms with Crippen molar-refractivity contribution in [1.82, 2.24) is 15.0 Å². The third kappa shape index (κ3) is 3.42. The number of benzene rings is 1. The highest BCUT2D eigenvalue weighted by atomic mass is 19.1. The van der Waals surface area contributed by atoms with Gasteiger partial charge in [0.1, 0.15) is 16.9 Å². The molecule has 4 heterocycles. The first-order valence-corrected chi connectivity index (χ1v) is 10.3. The number of ether oxygens (including phenoxy) is 3. The van der Waals surface area contributed by atoms with Gasteiger partial charge in [-0.25, -0.2) is 14.2 Å². The molecule has 33 heavy (non-hydrogen) atoms. The van der Waals surface area contributed by atoms with E-state index in [-0.39, 0.29) is 12.4 Å². The maximum atomic E-state index is 14.2. The van der Waals surface area contributed by atoms with Gasteiger partial charge in [-0.15, -0.1) is 0 Å². The van der Waals surface area contributed by atoms with Crippen molar-refractivity contribution in [2.45, 2.75) is 13.3 Å². The van der Waals surface area contributed by atoms with Crippen LogP contribution in [0.3, 0.4) is 0 Å². The number of cyclic esters (lactones) is 1. The van der Waals surface area contributed by atoms with Gasteiger partial charge < -0.3 is 24.5 Å². The van der Waals surface area contributed by atoms with E-state index in [0.717, 1.165) is 5.69 Å². The second-order valence-corrected chi connectivity index (χ2v) is 7.58. The Morgan fingerprint density at radius 2 is 2.06 bits per heavy atom. The lowest BCUT2D eigenvalue weighted by Gasteiger charge is -2.16. The minimum Gasteiger partial charge on any atom is -0.491 e. The molecular weight excluding hydrogens is 427 g/mol. The molecule has 0 fully saturated rings. The number of anilines is 2. The number of hydrogen-bond donors (Lipinski definition) is 2. The Hall–Kier alpha value is -4.14. The molecular formula is C24H21FN4O4. The average Bonchev–Trinajstić information content (AvgIpc) is 3.20. The first-order valence-electron chi connectivity index (χ1n) is 10.3. The van der Waals surface area contributed by atoms with Crippen LogP contribution in [-0.4, -0.2) is 41.7 Å². The maximum Gasteiger partial charge on any atom is 0.342 e. The van der Waals surface area contributed by atoms with Gasteiger partial charge in [0.05, 0.1) is 37.7 Å². The van der Waals surface area contributed by atoms with Crippen LogP contribution in [0.15, 0.2) is 36.5 Å². The Balaban J connectivity index is 1.76. The first kappa shape index (κ1) is 20.7. The van der Waals surface area contributed by atoms with Crippen LogP contribution in [0.1, 0.15) is 21.6 Å². The number of methoxy groups -OCH3 is 2. The number of H-pyrrole nitrogens is 1. The second kappa shape index (κ2) is 8.09. The van der Waals surface area contributed by atoms with Crippen LogP contribution < -0.4 is 14.8 Å². The van der Waals surface area contributed by atoms with Crippen molar-refractivity contribution < 1.29 is 23.4 Å². The van der Waals surface area contributed by atoms with E-state index >= 15 is 0 Å². The third-order valence-electron chi connectivity index (χ3n) is 5.72. The van der Waals surface area contributed by atoms with Gasteiger partial charge in [-0.1, -0.05) is 6.07 Å². The molecule has 0 amide bonds. The van der Waals surface area contributed by atoms with Crippen molar-refractivity contribution >= 4 is 28.4 Å². The summed E-state index contributed by atoms with van der Waals surface area (Å²) < 4.78 is 30.3. The van der Waals surface area contributed by atoms with Gasteiger partial charge in [0, 0.05) is 41.2 Å². The van der Waals surface area contributed by atoms with Crippen LogP contribution in [-0.2, 0) is 11.2 Å². The normalized spacial score (nSPS) is 12.9. The Kier molecular flexibility index (Phi) is 5.08. The first-order chi connectivity index (χ1) is 16.0. The molecule has 1 aliphatic heterocycles. The largest absolute Gasteiger partial charge is 0.491 e. The van der Waals surface area contributed by atoms with Crippen LogP contribution in [0.25, 0.3) is 22.3 Å². The number of halogens is 1. The fourth-order valence-electron chi connectivity index (χ4n) is 4.02. The average molecular weight is 448 g/mol. The monoisotopic (exact) mass is 448 g/mol. The molecule has 0 radical (unpaired) electrons. The summed E-state index contributed by atoms with van der Waals surface area (Å²) in [5.41, 5.74) is 5.07. The summed E-state index contributed by atoms with van der Waals surface area (Å²) >= 11 is 0. The summed E-state index contributed by atoms with van der Waals surface area (Å²) in [5.74, 6) is -0.0227. The molecule has 0 bridgehead atoms. The van der Waals surface area contributed by atoms with Crippen LogP contribution in [0.4, 0.5) is 15.8 Å².